The molecule has 3 fully saturated rings. The summed E-state index contributed by atoms with van der Waals surface area (Å²) in [7, 11) is 9.81. The third-order valence-corrected chi connectivity index (χ3v) is 19.6. The van der Waals surface area contributed by atoms with Crippen LogP contribution in [0.1, 0.15) is 178 Å². The number of hydrogen-bond donors (Lipinski definition) is 4. The Morgan fingerprint density at radius 1 is 0.576 bits per heavy atom. The second-order valence-electron chi connectivity index (χ2n) is 27.9. The van der Waals surface area contributed by atoms with Gasteiger partial charge in [-0.1, -0.05) is 67.7 Å². The lowest BCUT2D eigenvalue weighted by atomic mass is 9.78. The highest BCUT2D eigenvalue weighted by atomic mass is 35.5. The standard InChI is InChI=1S/C65H110ClF4N11O11/c1-18-20-21-48-60(89)81(17)64(9,10)63(92)73-49(30-38(3)4)59(88)78(14)41(8)32-53(83)79(15)50(31-39(5)6)58(87)74-56(40(7)19-2)62(91)77(13)36-54(84)75(11)37-55(85)80(16)51(34-43-22-26-44(66)27-23-43)61(90)76(12)35-52(82)71-47(57(86)72-48)29-25-42-24-28-45(46(67)33-42)65(68,69)70/h38-51,56H,18-37H2,1-17H3,(H,71,82)(H,72,86)(H,73,92)(H,74,87)/t40-,41+,42?,43?,44?,45?,46?,47-,48-,49-,50-,51-,56-/m0/s1. The number of nitrogens with one attached hydrogen (secondary N) is 4. The number of amides is 11. The third-order valence-electron chi connectivity index (χ3n) is 19.2. The molecule has 1 aliphatic heterocycles. The first-order valence-corrected chi connectivity index (χ1v) is 33.5. The molecule has 0 radical (unpaired) electrons. The summed E-state index contributed by atoms with van der Waals surface area (Å²) in [5.74, 6) is -11.0. The van der Waals surface area contributed by atoms with Crippen molar-refractivity contribution < 1.29 is 70.3 Å². The van der Waals surface area contributed by atoms with Crippen molar-refractivity contribution in [3.63, 3.8) is 0 Å². The van der Waals surface area contributed by atoms with E-state index in [-0.39, 0.29) is 74.5 Å². The zero-order valence-electron chi connectivity index (χ0n) is 57.8. The van der Waals surface area contributed by atoms with E-state index in [2.05, 4.69) is 21.3 Å². The van der Waals surface area contributed by atoms with E-state index in [4.69, 9.17) is 11.6 Å². The van der Waals surface area contributed by atoms with Crippen molar-refractivity contribution in [2.24, 2.45) is 35.5 Å². The van der Waals surface area contributed by atoms with Gasteiger partial charge >= 0.3 is 6.18 Å². The van der Waals surface area contributed by atoms with Crippen LogP contribution in [-0.4, -0.2) is 234 Å². The Morgan fingerprint density at radius 2 is 1.14 bits per heavy atom. The lowest BCUT2D eigenvalue weighted by Crippen LogP contribution is -2.63. The molecule has 11 amide bonds. The summed E-state index contributed by atoms with van der Waals surface area (Å²) in [5.41, 5.74) is -1.70. The van der Waals surface area contributed by atoms with E-state index in [1.54, 1.807) is 13.8 Å². The van der Waals surface area contributed by atoms with Gasteiger partial charge in [0.2, 0.25) is 65.0 Å². The maximum atomic E-state index is 15.2. The van der Waals surface area contributed by atoms with Crippen LogP contribution >= 0.6 is 11.6 Å². The van der Waals surface area contributed by atoms with Gasteiger partial charge in [-0.25, -0.2) is 4.39 Å². The van der Waals surface area contributed by atoms with Crippen molar-refractivity contribution in [1.29, 1.82) is 0 Å². The van der Waals surface area contributed by atoms with Crippen LogP contribution in [0.25, 0.3) is 0 Å². The Bertz CT molecular complexity index is 2540. The third kappa shape index (κ3) is 23.3. The number of carbonyl (C=O) groups is 11. The molecule has 0 bridgehead atoms. The molecule has 0 aromatic carbocycles. The number of likely N-dealkylation sites (N-methyl/N-ethyl adjacent to an activating group) is 7. The van der Waals surface area contributed by atoms with E-state index in [1.165, 1.54) is 77.9 Å². The van der Waals surface area contributed by atoms with Crippen molar-refractivity contribution in [1.82, 2.24) is 55.6 Å². The van der Waals surface area contributed by atoms with Crippen molar-refractivity contribution >= 4 is 76.6 Å². The highest BCUT2D eigenvalue weighted by molar-refractivity contribution is 6.20. The molecule has 0 aromatic heterocycles. The van der Waals surface area contributed by atoms with Crippen molar-refractivity contribution in [2.75, 3.05) is 69.0 Å². The number of rotatable bonds is 14. The smallest absolute Gasteiger partial charge is 0.343 e. The summed E-state index contributed by atoms with van der Waals surface area (Å²) in [6, 6.07) is -8.14. The fourth-order valence-electron chi connectivity index (χ4n) is 12.2. The minimum absolute atomic E-state index is 0.00493. The van der Waals surface area contributed by atoms with Crippen LogP contribution in [0.15, 0.2) is 0 Å². The van der Waals surface area contributed by atoms with Crippen molar-refractivity contribution in [3.05, 3.63) is 0 Å². The van der Waals surface area contributed by atoms with E-state index < -0.39 is 175 Å². The van der Waals surface area contributed by atoms with Gasteiger partial charge in [0.05, 0.1) is 25.6 Å². The molecule has 1 saturated heterocycles. The van der Waals surface area contributed by atoms with Crippen LogP contribution in [0.3, 0.4) is 0 Å². The molecule has 2 saturated carbocycles. The summed E-state index contributed by atoms with van der Waals surface area (Å²) in [6.45, 7) is 15.7. The first-order valence-electron chi connectivity index (χ1n) is 33.0. The molecule has 3 unspecified atom stereocenters. The van der Waals surface area contributed by atoms with Crippen molar-refractivity contribution in [3.8, 4) is 0 Å². The molecule has 4 N–H and O–H groups in total. The summed E-state index contributed by atoms with van der Waals surface area (Å²) in [6.07, 6.45) is -3.87. The summed E-state index contributed by atoms with van der Waals surface area (Å²) in [4.78, 5) is 167. The van der Waals surface area contributed by atoms with Crippen LogP contribution in [0.2, 0.25) is 0 Å². The van der Waals surface area contributed by atoms with Crippen LogP contribution in [0.4, 0.5) is 17.6 Å². The van der Waals surface area contributed by atoms with Gasteiger partial charge in [0, 0.05) is 67.2 Å². The average Bonchev–Trinajstić information content (AvgIpc) is 0.841. The normalized spacial score (nSPS) is 29.6. The Labute approximate surface area is 548 Å². The van der Waals surface area contributed by atoms with Gasteiger partial charge in [0.25, 0.3) is 0 Å². The first-order chi connectivity index (χ1) is 42.7. The number of carbonyl (C=O) groups excluding carboxylic acids is 11. The summed E-state index contributed by atoms with van der Waals surface area (Å²) >= 11 is 6.47. The topological polar surface area (TPSA) is 259 Å². The number of nitrogens with zero attached hydrogens (tertiary/aromatic N) is 7. The Morgan fingerprint density at radius 3 is 1.70 bits per heavy atom. The van der Waals surface area contributed by atoms with E-state index in [0.29, 0.717) is 44.9 Å². The van der Waals surface area contributed by atoms with Gasteiger partial charge in [0.1, 0.15) is 48.0 Å². The Balaban J connectivity index is 2.20. The second-order valence-corrected chi connectivity index (χ2v) is 28.5. The van der Waals surface area contributed by atoms with Gasteiger partial charge in [-0.3, -0.25) is 52.7 Å². The highest BCUT2D eigenvalue weighted by Crippen LogP contribution is 2.43. The Kier molecular flexibility index (Phi) is 31.6. The zero-order chi connectivity index (χ0) is 70.0. The fraction of sp³-hybridized carbons (Fsp3) is 0.831. The minimum Gasteiger partial charge on any atom is -0.343 e. The zero-order valence-corrected chi connectivity index (χ0v) is 58.6. The number of alkyl halides is 5. The molecular weight excluding hydrogens is 1220 g/mol. The molecule has 3 rings (SSSR count). The number of halogens is 5. The van der Waals surface area contributed by atoms with Gasteiger partial charge in [-0.15, -0.1) is 11.6 Å². The van der Waals surface area contributed by atoms with E-state index in [0.717, 1.165) is 19.6 Å². The predicted molar refractivity (Wildman–Crippen MR) is 343 cm³/mol. The minimum atomic E-state index is -4.75. The molecule has 0 spiro atoms. The van der Waals surface area contributed by atoms with E-state index in [1.807, 2.05) is 41.5 Å². The molecule has 27 heteroatoms. The molecule has 92 heavy (non-hydrogen) atoms. The quantitative estimate of drug-likeness (QED) is 0.115. The monoisotopic (exact) mass is 1330 g/mol. The maximum absolute atomic E-state index is 15.2. The predicted octanol–water partition coefficient (Wildman–Crippen LogP) is 6.06. The molecular formula is C65H110ClF4N11O11. The van der Waals surface area contributed by atoms with Crippen LogP contribution in [-0.2, 0) is 52.7 Å². The summed E-state index contributed by atoms with van der Waals surface area (Å²) < 4.78 is 56.4. The number of unbranched alkanes of at least 4 members (excludes halogenated alkanes) is 1. The SMILES string of the molecule is CCCC[C@@H]1NC(=O)[C@H](CCC2CCC(C(F)(F)F)C(F)C2)NC(=O)CN(C)C(=O)[C@H](CC2CCC(Cl)CC2)N(C)C(=O)CN(C)C(=O)CN(C)C(=O)[C@H]([C@@H](C)CC)NC(=O)[C@H](CC(C)C)N(C)C(=O)C[C@@H](C)N(C)C(=O)[C@H](CC(C)C)NC(=O)C(C)(C)N(C)C1=O. The average molecular weight is 1330 g/mol. The van der Waals surface area contributed by atoms with Gasteiger partial charge in [-0.2, -0.15) is 13.2 Å². The van der Waals surface area contributed by atoms with Crippen molar-refractivity contribution in [2.45, 2.75) is 244 Å². The maximum Gasteiger partial charge on any atom is 0.394 e. The Hall–Kier alpha value is -5.82. The molecule has 3 aliphatic rings. The summed E-state index contributed by atoms with van der Waals surface area (Å²) in [5, 5.41) is 11.1. The fourth-order valence-corrected chi connectivity index (χ4v) is 12.5. The van der Waals surface area contributed by atoms with E-state index >= 15 is 4.39 Å². The largest absolute Gasteiger partial charge is 0.394 e. The number of hydrogen-bond acceptors (Lipinski definition) is 11. The van der Waals surface area contributed by atoms with Gasteiger partial charge in [0.15, 0.2) is 0 Å². The molecule has 22 nitrogen and oxygen atoms in total. The second kappa shape index (κ2) is 36.2. The van der Waals surface area contributed by atoms with Gasteiger partial charge in [-0.05, 0) is 134 Å². The first kappa shape index (κ1) is 80.4. The molecule has 1 heterocycles. The molecule has 11 atom stereocenters. The van der Waals surface area contributed by atoms with E-state index in [9.17, 15) is 65.9 Å². The molecule has 2 aliphatic carbocycles. The van der Waals surface area contributed by atoms with Gasteiger partial charge < -0.3 is 55.6 Å². The van der Waals surface area contributed by atoms with Crippen LogP contribution < -0.4 is 21.3 Å². The molecule has 526 valence electrons. The van der Waals surface area contributed by atoms with Crippen LogP contribution in [0.5, 0.6) is 0 Å². The lowest BCUT2D eigenvalue weighted by molar-refractivity contribution is -0.201. The molecule has 0 aromatic rings. The van der Waals surface area contributed by atoms with Crippen LogP contribution in [0, 0.1) is 35.5 Å². The lowest BCUT2D eigenvalue weighted by Gasteiger charge is -2.38. The highest BCUT2D eigenvalue weighted by Gasteiger charge is 2.48.